The molecule has 4 aromatic rings. The van der Waals surface area contributed by atoms with Crippen LogP contribution in [0.5, 0.6) is 11.5 Å². The highest BCUT2D eigenvalue weighted by Gasteiger charge is 2.29. The second kappa shape index (κ2) is 17.6. The van der Waals surface area contributed by atoms with Crippen molar-refractivity contribution in [3.63, 3.8) is 0 Å². The van der Waals surface area contributed by atoms with Crippen LogP contribution in [0, 0.1) is 11.6 Å². The largest absolute Gasteiger partial charge is 0.457 e. The number of morpholine rings is 1. The number of nitrogens with one attached hydrogen (secondary N) is 4. The van der Waals surface area contributed by atoms with Crippen LogP contribution in [0.3, 0.4) is 0 Å². The number of hydrogen-bond donors (Lipinski definition) is 4. The van der Waals surface area contributed by atoms with Crippen LogP contribution in [-0.2, 0) is 27.1 Å². The van der Waals surface area contributed by atoms with Gasteiger partial charge in [0.05, 0.1) is 18.8 Å². The summed E-state index contributed by atoms with van der Waals surface area (Å²) in [5.41, 5.74) is 1.96. The summed E-state index contributed by atoms with van der Waals surface area (Å²) >= 11 is 0. The molecular formula is C37H37F5N4O5. The molecule has 0 radical (unpaired) electrons. The Morgan fingerprint density at radius 3 is 2.31 bits per heavy atom. The lowest BCUT2D eigenvalue weighted by Gasteiger charge is -2.30. The standard InChI is InChI=1S/C37H37F5N4O5/c38-25-11-13-26(14-12-25)45-35(47)34(19-24-9-15-29(16-10-24)51-28-5-2-1-3-6-28)46-33-8-4-7-32(39)31(33)18-17-30-20-43-27(21-49-30)22-50-36(48)44-23-37(40,41)42/h1-16,27,30,34,43,46H,17-23H2,(H,44,48)(H,45,47)/t27-,30+,34-/m0/s1. The SMILES string of the molecule is O=C(NCC(F)(F)F)OC[C@@H]1CO[C@H](CCc2c(F)cccc2N[C@@H](Cc2ccc(Oc3ccccc3)cc2)C(=O)Nc2ccc(F)cc2)CN1. The molecule has 3 atom stereocenters. The number of carbonyl (C=O) groups excluding carboxylic acids is 2. The van der Waals surface area contributed by atoms with Crippen molar-refractivity contribution in [2.45, 2.75) is 43.6 Å². The van der Waals surface area contributed by atoms with E-state index in [0.29, 0.717) is 41.4 Å². The van der Waals surface area contributed by atoms with Gasteiger partial charge in [-0.1, -0.05) is 36.4 Å². The van der Waals surface area contributed by atoms with E-state index in [1.165, 1.54) is 30.3 Å². The normalized spacial score (nSPS) is 16.5. The Morgan fingerprint density at radius 2 is 1.63 bits per heavy atom. The van der Waals surface area contributed by atoms with Crippen molar-refractivity contribution in [1.29, 1.82) is 0 Å². The predicted molar refractivity (Wildman–Crippen MR) is 181 cm³/mol. The fourth-order valence-electron chi connectivity index (χ4n) is 5.33. The van der Waals surface area contributed by atoms with Gasteiger partial charge in [0.25, 0.3) is 0 Å². The Kier molecular flexibility index (Phi) is 12.8. The summed E-state index contributed by atoms with van der Waals surface area (Å²) in [6.07, 6.45) is -5.19. The number of alkyl carbamates (subject to hydrolysis) is 1. The predicted octanol–water partition coefficient (Wildman–Crippen LogP) is 7.00. The van der Waals surface area contributed by atoms with E-state index in [1.54, 1.807) is 29.6 Å². The molecule has 1 heterocycles. The molecule has 0 aromatic heterocycles. The van der Waals surface area contributed by atoms with E-state index in [4.69, 9.17) is 14.2 Å². The highest BCUT2D eigenvalue weighted by molar-refractivity contribution is 5.96. The van der Waals surface area contributed by atoms with Crippen LogP contribution in [0.15, 0.2) is 97.1 Å². The molecule has 0 unspecified atom stereocenters. The Labute approximate surface area is 291 Å². The molecule has 5 rings (SSSR count). The van der Waals surface area contributed by atoms with Crippen LogP contribution >= 0.6 is 0 Å². The third-order valence-corrected chi connectivity index (χ3v) is 7.95. The van der Waals surface area contributed by atoms with Crippen molar-refractivity contribution in [1.82, 2.24) is 10.6 Å². The highest BCUT2D eigenvalue weighted by atomic mass is 19.4. The molecule has 9 nitrogen and oxygen atoms in total. The summed E-state index contributed by atoms with van der Waals surface area (Å²) in [6.45, 7) is -1.22. The second-order valence-electron chi connectivity index (χ2n) is 11.9. The van der Waals surface area contributed by atoms with Crippen LogP contribution in [-0.4, -0.2) is 62.7 Å². The summed E-state index contributed by atoms with van der Waals surface area (Å²) < 4.78 is 82.3. The summed E-state index contributed by atoms with van der Waals surface area (Å²) in [4.78, 5) is 25.2. The fraction of sp³-hybridized carbons (Fsp3) is 0.297. The van der Waals surface area contributed by atoms with E-state index in [2.05, 4.69) is 16.0 Å². The molecule has 0 bridgehead atoms. The Balaban J connectivity index is 1.21. The molecule has 2 amide bonds. The molecule has 4 aromatic carbocycles. The number of halogens is 5. The first-order valence-corrected chi connectivity index (χ1v) is 16.3. The molecule has 1 saturated heterocycles. The quantitative estimate of drug-likeness (QED) is 0.104. The molecule has 1 aliphatic heterocycles. The summed E-state index contributed by atoms with van der Waals surface area (Å²) in [5.74, 6) is -0.0419. The number of benzene rings is 4. The van der Waals surface area contributed by atoms with Gasteiger partial charge in [-0.25, -0.2) is 13.6 Å². The van der Waals surface area contributed by atoms with Crippen molar-refractivity contribution in [2.75, 3.05) is 36.9 Å². The number of rotatable bonds is 14. The van der Waals surface area contributed by atoms with Crippen molar-refractivity contribution in [2.24, 2.45) is 0 Å². The first-order valence-electron chi connectivity index (χ1n) is 16.3. The number of hydrogen-bond acceptors (Lipinski definition) is 7. The van der Waals surface area contributed by atoms with Crippen molar-refractivity contribution in [3.05, 3.63) is 120 Å². The zero-order valence-electron chi connectivity index (χ0n) is 27.4. The van der Waals surface area contributed by atoms with Crippen LogP contribution in [0.4, 0.5) is 38.1 Å². The minimum absolute atomic E-state index is 0.125. The van der Waals surface area contributed by atoms with E-state index in [1.807, 2.05) is 42.5 Å². The second-order valence-corrected chi connectivity index (χ2v) is 11.9. The van der Waals surface area contributed by atoms with Crippen LogP contribution in [0.1, 0.15) is 17.5 Å². The van der Waals surface area contributed by atoms with Crippen molar-refractivity contribution >= 4 is 23.4 Å². The van der Waals surface area contributed by atoms with Gasteiger partial charge in [-0.3, -0.25) is 4.79 Å². The van der Waals surface area contributed by atoms with Gasteiger partial charge in [-0.15, -0.1) is 0 Å². The maximum atomic E-state index is 15.3. The monoisotopic (exact) mass is 712 g/mol. The van der Waals surface area contributed by atoms with E-state index in [0.717, 1.165) is 5.56 Å². The van der Waals surface area contributed by atoms with E-state index >= 15 is 4.39 Å². The van der Waals surface area contributed by atoms with Crippen LogP contribution in [0.25, 0.3) is 0 Å². The lowest BCUT2D eigenvalue weighted by molar-refractivity contribution is -0.124. The van der Waals surface area contributed by atoms with Crippen molar-refractivity contribution < 1.29 is 45.8 Å². The number of alkyl halides is 3. The van der Waals surface area contributed by atoms with E-state index < -0.39 is 48.4 Å². The topological polar surface area (TPSA) is 110 Å². The van der Waals surface area contributed by atoms with Gasteiger partial charge < -0.3 is 35.5 Å². The Bertz CT molecular complexity index is 1720. The molecule has 270 valence electrons. The molecule has 0 aliphatic carbocycles. The number of amides is 2. The molecule has 4 N–H and O–H groups in total. The minimum Gasteiger partial charge on any atom is -0.457 e. The average Bonchev–Trinajstić information content (AvgIpc) is 3.11. The third kappa shape index (κ3) is 12.0. The van der Waals surface area contributed by atoms with Gasteiger partial charge in [0, 0.05) is 29.9 Å². The summed E-state index contributed by atoms with van der Waals surface area (Å²) in [6, 6.07) is 25.2. The lowest BCUT2D eigenvalue weighted by atomic mass is 10.0. The van der Waals surface area contributed by atoms with Gasteiger partial charge >= 0.3 is 12.3 Å². The first-order chi connectivity index (χ1) is 24.5. The van der Waals surface area contributed by atoms with Crippen molar-refractivity contribution in [3.8, 4) is 11.5 Å². The van der Waals surface area contributed by atoms with Gasteiger partial charge in [-0.05, 0) is 79.1 Å². The molecule has 0 spiro atoms. The lowest BCUT2D eigenvalue weighted by Crippen LogP contribution is -2.49. The maximum Gasteiger partial charge on any atom is 0.407 e. The molecule has 1 fully saturated rings. The summed E-state index contributed by atoms with van der Waals surface area (Å²) in [7, 11) is 0. The maximum absolute atomic E-state index is 15.3. The number of ether oxygens (including phenoxy) is 3. The number of para-hydroxylation sites is 1. The van der Waals surface area contributed by atoms with E-state index in [9.17, 15) is 27.2 Å². The number of carbonyl (C=O) groups is 2. The number of anilines is 2. The van der Waals surface area contributed by atoms with Gasteiger partial charge in [0.1, 0.15) is 42.3 Å². The molecule has 51 heavy (non-hydrogen) atoms. The zero-order valence-corrected chi connectivity index (χ0v) is 27.4. The summed E-state index contributed by atoms with van der Waals surface area (Å²) in [5, 5.41) is 10.8. The third-order valence-electron chi connectivity index (χ3n) is 7.95. The van der Waals surface area contributed by atoms with Gasteiger partial charge in [-0.2, -0.15) is 13.2 Å². The highest BCUT2D eigenvalue weighted by Crippen LogP contribution is 2.26. The van der Waals surface area contributed by atoms with Gasteiger partial charge in [0.15, 0.2) is 0 Å². The van der Waals surface area contributed by atoms with Crippen LogP contribution < -0.4 is 26.0 Å². The van der Waals surface area contributed by atoms with E-state index in [-0.39, 0.29) is 32.2 Å². The average molecular weight is 713 g/mol. The first kappa shape index (κ1) is 37.1. The zero-order chi connectivity index (χ0) is 36.2. The molecular weight excluding hydrogens is 675 g/mol. The fourth-order valence-corrected chi connectivity index (χ4v) is 5.33. The Hall–Kier alpha value is -5.21. The van der Waals surface area contributed by atoms with Gasteiger partial charge in [0.2, 0.25) is 5.91 Å². The smallest absolute Gasteiger partial charge is 0.407 e. The molecule has 0 saturated carbocycles. The minimum atomic E-state index is -4.55. The Morgan fingerprint density at radius 1 is 0.902 bits per heavy atom. The molecule has 1 aliphatic rings. The van der Waals surface area contributed by atoms with Crippen LogP contribution in [0.2, 0.25) is 0 Å². The molecule has 14 heteroatoms.